The molecule has 0 spiro atoms. The summed E-state index contributed by atoms with van der Waals surface area (Å²) < 4.78 is 5.32. The minimum absolute atomic E-state index is 0.0611. The third-order valence-corrected chi connectivity index (χ3v) is 3.63. The highest BCUT2D eigenvalue weighted by Gasteiger charge is 2.40. The Balaban J connectivity index is 2.10. The molecule has 1 aromatic carbocycles. The lowest BCUT2D eigenvalue weighted by Gasteiger charge is -2.37. The molecule has 6 heteroatoms. The number of carbonyl (C=O) groups excluding carboxylic acids is 2. The number of rotatable bonds is 4. The maximum atomic E-state index is 12.4. The van der Waals surface area contributed by atoms with Gasteiger partial charge in [-0.3, -0.25) is 9.59 Å². The van der Waals surface area contributed by atoms with Crippen molar-refractivity contribution >= 4 is 11.8 Å². The van der Waals surface area contributed by atoms with Crippen LogP contribution in [0.25, 0.3) is 0 Å². The van der Waals surface area contributed by atoms with Crippen LogP contribution in [0.3, 0.4) is 0 Å². The quantitative estimate of drug-likeness (QED) is 0.847. The Labute approximate surface area is 123 Å². The van der Waals surface area contributed by atoms with Crippen molar-refractivity contribution in [2.24, 2.45) is 5.73 Å². The molecule has 1 saturated heterocycles. The molecule has 0 radical (unpaired) electrons. The molecule has 1 aromatic rings. The summed E-state index contributed by atoms with van der Waals surface area (Å²) in [6.07, 6.45) is 0.831. The van der Waals surface area contributed by atoms with Crippen molar-refractivity contribution in [3.05, 3.63) is 29.8 Å². The van der Waals surface area contributed by atoms with Crippen molar-refractivity contribution in [3.8, 4) is 5.75 Å². The molecule has 1 heterocycles. The molecular weight excluding hydrogens is 272 g/mol. The van der Waals surface area contributed by atoms with Crippen LogP contribution in [-0.2, 0) is 4.79 Å². The molecule has 21 heavy (non-hydrogen) atoms. The average Bonchev–Trinajstić information content (AvgIpc) is 2.47. The van der Waals surface area contributed by atoms with Gasteiger partial charge in [-0.15, -0.1) is 0 Å². The number of carbonyl (C=O) groups is 2. The molecule has 1 fully saturated rings. The van der Waals surface area contributed by atoms with Crippen LogP contribution in [0.4, 0.5) is 0 Å². The molecule has 1 aliphatic heterocycles. The van der Waals surface area contributed by atoms with Gasteiger partial charge in [0.25, 0.3) is 11.8 Å². The highest BCUT2D eigenvalue weighted by molar-refractivity contribution is 5.95. The van der Waals surface area contributed by atoms with Crippen molar-refractivity contribution in [2.75, 3.05) is 19.7 Å². The number of ether oxygens (including phenoxy) is 1. The molecule has 1 aliphatic rings. The van der Waals surface area contributed by atoms with Crippen LogP contribution in [0.1, 0.15) is 30.1 Å². The zero-order valence-corrected chi connectivity index (χ0v) is 12.0. The summed E-state index contributed by atoms with van der Waals surface area (Å²) in [5.41, 5.74) is 4.08. The van der Waals surface area contributed by atoms with E-state index in [0.29, 0.717) is 30.9 Å². The molecule has 6 nitrogen and oxygen atoms in total. The molecule has 0 bridgehead atoms. The number of benzene rings is 1. The summed E-state index contributed by atoms with van der Waals surface area (Å²) in [5.74, 6) is -0.314. The number of nitrogens with zero attached hydrogens (tertiary/aromatic N) is 1. The van der Waals surface area contributed by atoms with Crippen molar-refractivity contribution in [2.45, 2.75) is 25.4 Å². The standard InChI is InChI=1S/C15H20N2O4/c1-2-21-12-6-4-11(5-7-12)13(18)17-9-3-8-15(20,10-17)14(16)19/h4-7,20H,2-3,8-10H2,1H3,(H2,16,19). The van der Waals surface area contributed by atoms with Crippen LogP contribution in [0.5, 0.6) is 5.75 Å². The first-order chi connectivity index (χ1) is 9.96. The van der Waals surface area contributed by atoms with Gasteiger partial charge in [-0.25, -0.2) is 0 Å². The SMILES string of the molecule is CCOc1ccc(C(=O)N2CCCC(O)(C(N)=O)C2)cc1. The van der Waals surface area contributed by atoms with E-state index in [0.717, 1.165) is 0 Å². The van der Waals surface area contributed by atoms with Crippen molar-refractivity contribution in [1.82, 2.24) is 4.90 Å². The van der Waals surface area contributed by atoms with Crippen molar-refractivity contribution < 1.29 is 19.4 Å². The summed E-state index contributed by atoms with van der Waals surface area (Å²) >= 11 is 0. The average molecular weight is 292 g/mol. The second kappa shape index (κ2) is 6.13. The first-order valence-corrected chi connectivity index (χ1v) is 7.00. The van der Waals surface area contributed by atoms with Crippen molar-refractivity contribution in [3.63, 3.8) is 0 Å². The summed E-state index contributed by atoms with van der Waals surface area (Å²) in [5, 5.41) is 10.1. The Morgan fingerprint density at radius 1 is 1.38 bits per heavy atom. The topological polar surface area (TPSA) is 92.9 Å². The summed E-state index contributed by atoms with van der Waals surface area (Å²) in [6, 6.07) is 6.79. The highest BCUT2D eigenvalue weighted by Crippen LogP contribution is 2.23. The van der Waals surface area contributed by atoms with E-state index in [2.05, 4.69) is 0 Å². The van der Waals surface area contributed by atoms with Crippen molar-refractivity contribution in [1.29, 1.82) is 0 Å². The first-order valence-electron chi connectivity index (χ1n) is 7.00. The number of likely N-dealkylation sites (tertiary alicyclic amines) is 1. The van der Waals surface area contributed by atoms with Gasteiger partial charge in [0.2, 0.25) is 0 Å². The van der Waals surface area contributed by atoms with E-state index >= 15 is 0 Å². The number of hydrogen-bond donors (Lipinski definition) is 2. The molecule has 0 aromatic heterocycles. The van der Waals surface area contributed by atoms with Gasteiger partial charge in [0.15, 0.2) is 5.60 Å². The summed E-state index contributed by atoms with van der Waals surface area (Å²) in [7, 11) is 0. The number of aliphatic hydroxyl groups is 1. The van der Waals surface area contributed by atoms with Gasteiger partial charge in [-0.2, -0.15) is 0 Å². The number of primary amides is 1. The number of piperidine rings is 1. The van der Waals surface area contributed by atoms with Crippen LogP contribution in [0, 0.1) is 0 Å². The Morgan fingerprint density at radius 2 is 2.05 bits per heavy atom. The minimum atomic E-state index is -1.63. The molecule has 3 N–H and O–H groups in total. The molecule has 0 saturated carbocycles. The summed E-state index contributed by atoms with van der Waals surface area (Å²) in [4.78, 5) is 25.2. The van der Waals surface area contributed by atoms with Gasteiger partial charge >= 0.3 is 0 Å². The molecule has 0 aliphatic carbocycles. The Morgan fingerprint density at radius 3 is 2.62 bits per heavy atom. The number of amides is 2. The molecule has 114 valence electrons. The van der Waals surface area contributed by atoms with Gasteiger partial charge in [-0.05, 0) is 44.0 Å². The van der Waals surface area contributed by atoms with Gasteiger partial charge in [0.05, 0.1) is 13.2 Å². The Kier molecular flexibility index (Phi) is 4.47. The molecular formula is C15H20N2O4. The molecule has 1 unspecified atom stereocenters. The largest absolute Gasteiger partial charge is 0.494 e. The zero-order valence-electron chi connectivity index (χ0n) is 12.0. The van der Waals surface area contributed by atoms with Crippen LogP contribution in [-0.4, -0.2) is 47.1 Å². The van der Waals surface area contributed by atoms with E-state index < -0.39 is 11.5 Å². The van der Waals surface area contributed by atoms with E-state index in [9.17, 15) is 14.7 Å². The van der Waals surface area contributed by atoms with Gasteiger partial charge in [0.1, 0.15) is 5.75 Å². The summed E-state index contributed by atoms with van der Waals surface area (Å²) in [6.45, 7) is 2.89. The predicted octanol–water partition coefficient (Wildman–Crippen LogP) is 0.538. The highest BCUT2D eigenvalue weighted by atomic mass is 16.5. The first kappa shape index (κ1) is 15.3. The van der Waals surface area contributed by atoms with E-state index in [-0.39, 0.29) is 18.9 Å². The fraction of sp³-hybridized carbons (Fsp3) is 0.467. The maximum Gasteiger partial charge on any atom is 0.253 e. The zero-order chi connectivity index (χ0) is 15.5. The maximum absolute atomic E-state index is 12.4. The van der Waals surface area contributed by atoms with E-state index in [4.69, 9.17) is 10.5 Å². The number of hydrogen-bond acceptors (Lipinski definition) is 4. The van der Waals surface area contributed by atoms with Crippen LogP contribution in [0.15, 0.2) is 24.3 Å². The normalized spacial score (nSPS) is 21.9. The second-order valence-corrected chi connectivity index (χ2v) is 5.18. The van der Waals surface area contributed by atoms with E-state index in [1.54, 1.807) is 24.3 Å². The van der Waals surface area contributed by atoms with Crippen LogP contribution in [0.2, 0.25) is 0 Å². The number of β-amino-alcohol motifs (C(OH)–C–C–N with tert-alkyl or cyclic N) is 1. The van der Waals surface area contributed by atoms with E-state index in [1.807, 2.05) is 6.92 Å². The predicted molar refractivity (Wildman–Crippen MR) is 76.9 cm³/mol. The Hall–Kier alpha value is -2.08. The molecule has 2 amide bonds. The smallest absolute Gasteiger partial charge is 0.253 e. The minimum Gasteiger partial charge on any atom is -0.494 e. The lowest BCUT2D eigenvalue weighted by Crippen LogP contribution is -2.57. The lowest BCUT2D eigenvalue weighted by molar-refractivity contribution is -0.140. The van der Waals surface area contributed by atoms with Gasteiger partial charge in [-0.1, -0.05) is 0 Å². The third kappa shape index (κ3) is 3.33. The molecule has 2 rings (SSSR count). The van der Waals surface area contributed by atoms with E-state index in [1.165, 1.54) is 4.90 Å². The monoisotopic (exact) mass is 292 g/mol. The van der Waals surface area contributed by atoms with Gasteiger partial charge < -0.3 is 20.5 Å². The fourth-order valence-corrected chi connectivity index (χ4v) is 2.45. The fourth-order valence-electron chi connectivity index (χ4n) is 2.45. The van der Waals surface area contributed by atoms with Crippen LogP contribution >= 0.6 is 0 Å². The third-order valence-electron chi connectivity index (χ3n) is 3.63. The number of nitrogens with two attached hydrogens (primary N) is 1. The second-order valence-electron chi connectivity index (χ2n) is 5.18. The van der Waals surface area contributed by atoms with Crippen LogP contribution < -0.4 is 10.5 Å². The lowest BCUT2D eigenvalue weighted by atomic mass is 9.92. The Bertz CT molecular complexity index is 529. The molecule has 1 atom stereocenters. The van der Waals surface area contributed by atoms with Gasteiger partial charge in [0, 0.05) is 12.1 Å².